The Morgan fingerprint density at radius 3 is 2.46 bits per heavy atom. The predicted octanol–water partition coefficient (Wildman–Crippen LogP) is 4.37. The van der Waals surface area contributed by atoms with Gasteiger partial charge in [0, 0.05) is 11.6 Å². The number of aromatic nitrogens is 2. The third kappa shape index (κ3) is 4.31. The molecule has 0 aliphatic carbocycles. The summed E-state index contributed by atoms with van der Waals surface area (Å²) in [5, 5.41) is 7.22. The van der Waals surface area contributed by atoms with Crippen LogP contribution in [-0.4, -0.2) is 28.9 Å². The molecule has 0 unspecified atom stereocenters. The third-order valence-corrected chi connectivity index (χ3v) is 3.93. The highest BCUT2D eigenvalue weighted by molar-refractivity contribution is 6.04. The number of anilines is 1. The Balaban J connectivity index is 1.86. The lowest BCUT2D eigenvalue weighted by molar-refractivity contribution is 0.102. The van der Waals surface area contributed by atoms with Crippen LogP contribution in [0.15, 0.2) is 48.5 Å². The van der Waals surface area contributed by atoms with E-state index in [9.17, 15) is 9.18 Å². The number of hydrogen-bond donors (Lipinski definition) is 1. The molecule has 0 aliphatic rings. The van der Waals surface area contributed by atoms with E-state index in [2.05, 4.69) is 10.4 Å². The Hall–Kier alpha value is -3.35. The number of ether oxygens (including phenoxy) is 2. The van der Waals surface area contributed by atoms with E-state index in [-0.39, 0.29) is 17.8 Å². The van der Waals surface area contributed by atoms with Gasteiger partial charge >= 0.3 is 0 Å². The molecule has 7 heteroatoms. The van der Waals surface area contributed by atoms with E-state index in [0.29, 0.717) is 28.6 Å². The van der Waals surface area contributed by atoms with Crippen LogP contribution in [0.5, 0.6) is 11.5 Å². The number of carbonyl (C=O) groups excluding carboxylic acids is 1. The van der Waals surface area contributed by atoms with Gasteiger partial charge in [0.05, 0.1) is 24.6 Å². The second-order valence-corrected chi connectivity index (χ2v) is 6.55. The molecule has 3 aromatic rings. The van der Waals surface area contributed by atoms with Crippen molar-refractivity contribution in [3.8, 4) is 17.2 Å². The SMILES string of the molecule is COc1cc(C(=O)Nc2cc(C)nn2-c2ccc(F)cc2)ccc1OC(C)C. The Kier molecular flexibility index (Phi) is 5.63. The fourth-order valence-corrected chi connectivity index (χ4v) is 2.72. The summed E-state index contributed by atoms with van der Waals surface area (Å²) in [6.07, 6.45) is -0.0124. The number of methoxy groups -OCH3 is 1. The first-order chi connectivity index (χ1) is 13.4. The van der Waals surface area contributed by atoms with Crippen molar-refractivity contribution >= 4 is 11.7 Å². The maximum absolute atomic E-state index is 13.2. The van der Waals surface area contributed by atoms with Crippen LogP contribution in [0.25, 0.3) is 5.69 Å². The maximum Gasteiger partial charge on any atom is 0.256 e. The van der Waals surface area contributed by atoms with E-state index in [1.54, 1.807) is 41.1 Å². The summed E-state index contributed by atoms with van der Waals surface area (Å²) < 4.78 is 25.8. The average Bonchev–Trinajstić information content (AvgIpc) is 3.02. The molecule has 0 spiro atoms. The van der Waals surface area contributed by atoms with Crippen molar-refractivity contribution in [1.82, 2.24) is 9.78 Å². The number of nitrogens with one attached hydrogen (secondary N) is 1. The van der Waals surface area contributed by atoms with Crippen LogP contribution in [-0.2, 0) is 0 Å². The molecule has 1 aromatic heterocycles. The first kappa shape index (κ1) is 19.4. The number of amides is 1. The fraction of sp³-hybridized carbons (Fsp3) is 0.238. The predicted molar refractivity (Wildman–Crippen MR) is 105 cm³/mol. The van der Waals surface area contributed by atoms with Crippen LogP contribution >= 0.6 is 0 Å². The first-order valence-electron chi connectivity index (χ1n) is 8.86. The van der Waals surface area contributed by atoms with Crippen LogP contribution in [0, 0.1) is 12.7 Å². The number of rotatable bonds is 6. The monoisotopic (exact) mass is 383 g/mol. The molecule has 2 aromatic carbocycles. The minimum Gasteiger partial charge on any atom is -0.493 e. The summed E-state index contributed by atoms with van der Waals surface area (Å²) >= 11 is 0. The number of benzene rings is 2. The number of carbonyl (C=O) groups is 1. The zero-order chi connectivity index (χ0) is 20.3. The van der Waals surface area contributed by atoms with Crippen LogP contribution in [0.3, 0.4) is 0 Å². The van der Waals surface area contributed by atoms with Crippen LogP contribution in [0.4, 0.5) is 10.2 Å². The van der Waals surface area contributed by atoms with E-state index in [4.69, 9.17) is 9.47 Å². The minimum absolute atomic E-state index is 0.0124. The molecule has 28 heavy (non-hydrogen) atoms. The molecule has 0 fully saturated rings. The average molecular weight is 383 g/mol. The molecular weight excluding hydrogens is 361 g/mol. The molecule has 3 rings (SSSR count). The van der Waals surface area contributed by atoms with Gasteiger partial charge in [-0.1, -0.05) is 0 Å². The molecule has 0 saturated carbocycles. The molecule has 0 radical (unpaired) electrons. The maximum atomic E-state index is 13.2. The molecule has 0 bridgehead atoms. The van der Waals surface area contributed by atoms with E-state index < -0.39 is 0 Å². The Morgan fingerprint density at radius 1 is 1.11 bits per heavy atom. The first-order valence-corrected chi connectivity index (χ1v) is 8.86. The van der Waals surface area contributed by atoms with Gasteiger partial charge in [-0.15, -0.1) is 0 Å². The Morgan fingerprint density at radius 2 is 1.82 bits per heavy atom. The van der Waals surface area contributed by atoms with E-state index in [1.165, 1.54) is 19.2 Å². The number of hydrogen-bond acceptors (Lipinski definition) is 4. The third-order valence-electron chi connectivity index (χ3n) is 3.93. The van der Waals surface area contributed by atoms with Crippen molar-refractivity contribution in [3.63, 3.8) is 0 Å². The Bertz CT molecular complexity index is 981. The number of aryl methyl sites for hydroxylation is 1. The molecular formula is C21H22FN3O3. The van der Waals surface area contributed by atoms with Crippen molar-refractivity contribution in [1.29, 1.82) is 0 Å². The van der Waals surface area contributed by atoms with Gasteiger partial charge in [-0.25, -0.2) is 9.07 Å². The highest BCUT2D eigenvalue weighted by Gasteiger charge is 2.15. The summed E-state index contributed by atoms with van der Waals surface area (Å²) in [5.74, 6) is 0.869. The lowest BCUT2D eigenvalue weighted by atomic mass is 10.2. The van der Waals surface area contributed by atoms with Crippen molar-refractivity contribution in [2.24, 2.45) is 0 Å². The fourth-order valence-electron chi connectivity index (χ4n) is 2.72. The highest BCUT2D eigenvalue weighted by Crippen LogP contribution is 2.29. The van der Waals surface area contributed by atoms with E-state index in [1.807, 2.05) is 20.8 Å². The van der Waals surface area contributed by atoms with Gasteiger partial charge < -0.3 is 14.8 Å². The van der Waals surface area contributed by atoms with Gasteiger partial charge in [0.2, 0.25) is 0 Å². The van der Waals surface area contributed by atoms with Crippen LogP contribution < -0.4 is 14.8 Å². The lowest BCUT2D eigenvalue weighted by Gasteiger charge is -2.14. The summed E-state index contributed by atoms with van der Waals surface area (Å²) in [4.78, 5) is 12.8. The van der Waals surface area contributed by atoms with Crippen molar-refractivity contribution in [2.45, 2.75) is 26.9 Å². The zero-order valence-electron chi connectivity index (χ0n) is 16.2. The number of halogens is 1. The van der Waals surface area contributed by atoms with Crippen LogP contribution in [0.1, 0.15) is 29.9 Å². The van der Waals surface area contributed by atoms with E-state index >= 15 is 0 Å². The standard InChI is InChI=1S/C21H22FN3O3/c1-13(2)28-18-10-5-15(12-19(18)27-4)21(26)23-20-11-14(3)24-25(20)17-8-6-16(22)7-9-17/h5-13H,1-4H3,(H,23,26). The summed E-state index contributed by atoms with van der Waals surface area (Å²) in [6, 6.07) is 12.6. The second kappa shape index (κ2) is 8.12. The van der Waals surface area contributed by atoms with Gasteiger partial charge in [-0.05, 0) is 63.2 Å². The van der Waals surface area contributed by atoms with Crippen molar-refractivity contribution in [2.75, 3.05) is 12.4 Å². The number of nitrogens with zero attached hydrogens (tertiary/aromatic N) is 2. The normalized spacial score (nSPS) is 10.8. The highest BCUT2D eigenvalue weighted by atomic mass is 19.1. The van der Waals surface area contributed by atoms with E-state index in [0.717, 1.165) is 5.69 Å². The Labute approximate surface area is 162 Å². The molecule has 6 nitrogen and oxygen atoms in total. The van der Waals surface area contributed by atoms with Gasteiger partial charge in [-0.2, -0.15) is 5.10 Å². The minimum atomic E-state index is -0.339. The lowest BCUT2D eigenvalue weighted by Crippen LogP contribution is -2.15. The zero-order valence-corrected chi connectivity index (χ0v) is 16.2. The molecule has 0 aliphatic heterocycles. The molecule has 0 saturated heterocycles. The smallest absolute Gasteiger partial charge is 0.256 e. The molecule has 1 heterocycles. The van der Waals surface area contributed by atoms with Gasteiger partial charge in [-0.3, -0.25) is 4.79 Å². The molecule has 1 amide bonds. The largest absolute Gasteiger partial charge is 0.493 e. The molecule has 146 valence electrons. The second-order valence-electron chi connectivity index (χ2n) is 6.55. The summed E-state index contributed by atoms with van der Waals surface area (Å²) in [7, 11) is 1.52. The molecule has 1 N–H and O–H groups in total. The van der Waals surface area contributed by atoms with Crippen molar-refractivity contribution in [3.05, 3.63) is 65.6 Å². The van der Waals surface area contributed by atoms with Gasteiger partial charge in [0.25, 0.3) is 5.91 Å². The summed E-state index contributed by atoms with van der Waals surface area (Å²) in [5.41, 5.74) is 1.78. The topological polar surface area (TPSA) is 65.4 Å². The van der Waals surface area contributed by atoms with Crippen molar-refractivity contribution < 1.29 is 18.7 Å². The van der Waals surface area contributed by atoms with Crippen LogP contribution in [0.2, 0.25) is 0 Å². The quantitative estimate of drug-likeness (QED) is 0.687. The summed E-state index contributed by atoms with van der Waals surface area (Å²) in [6.45, 7) is 5.65. The molecule has 0 atom stereocenters. The van der Waals surface area contributed by atoms with Gasteiger partial charge in [0.15, 0.2) is 11.5 Å². The van der Waals surface area contributed by atoms with Gasteiger partial charge in [0.1, 0.15) is 11.6 Å².